The molecule has 1 unspecified atom stereocenters. The van der Waals surface area contributed by atoms with Crippen LogP contribution in [0.25, 0.3) is 0 Å². The molecule has 0 aliphatic rings. The summed E-state index contributed by atoms with van der Waals surface area (Å²) in [6, 6.07) is 5.58. The molecule has 0 spiro atoms. The molecule has 6 heteroatoms. The van der Waals surface area contributed by atoms with Gasteiger partial charge in [0.05, 0.1) is 17.6 Å². The van der Waals surface area contributed by atoms with Crippen molar-refractivity contribution in [2.75, 3.05) is 6.61 Å². The van der Waals surface area contributed by atoms with Crippen molar-refractivity contribution < 1.29 is 19.6 Å². The molecular weight excluding hydrogens is 238 g/mol. The number of hydrogen-bond donors (Lipinski definition) is 1. The fraction of sp³-hybridized carbons (Fsp3) is 0.250. The second-order valence-corrected chi connectivity index (χ2v) is 3.41. The molecule has 0 saturated carbocycles. The zero-order chi connectivity index (χ0) is 13.5. The summed E-state index contributed by atoms with van der Waals surface area (Å²) in [6.07, 6.45) is 1.22. The molecule has 1 rings (SSSR count). The standard InChI is InChI=1S/C12H13NO5/c1-2-18-12(15)7-6-11(14)9-4-3-5-10(8-9)13(16)17/h3-8,11,14H,2H2,1H3/b7-6+. The van der Waals surface area contributed by atoms with Gasteiger partial charge in [0.25, 0.3) is 5.69 Å². The van der Waals surface area contributed by atoms with Crippen LogP contribution >= 0.6 is 0 Å². The maximum absolute atomic E-state index is 11.0. The number of benzene rings is 1. The van der Waals surface area contributed by atoms with E-state index in [2.05, 4.69) is 4.74 Å². The number of aliphatic hydroxyl groups excluding tert-OH is 1. The number of nitro benzene ring substituents is 1. The van der Waals surface area contributed by atoms with Crippen LogP contribution in [0.3, 0.4) is 0 Å². The van der Waals surface area contributed by atoms with Crippen LogP contribution in [0.5, 0.6) is 0 Å². The van der Waals surface area contributed by atoms with Gasteiger partial charge in [-0.3, -0.25) is 10.1 Å². The highest BCUT2D eigenvalue weighted by Crippen LogP contribution is 2.19. The van der Waals surface area contributed by atoms with Gasteiger partial charge in [0.15, 0.2) is 0 Å². The van der Waals surface area contributed by atoms with Crippen molar-refractivity contribution in [2.45, 2.75) is 13.0 Å². The van der Waals surface area contributed by atoms with Crippen LogP contribution < -0.4 is 0 Å². The fourth-order valence-electron chi connectivity index (χ4n) is 1.29. The summed E-state index contributed by atoms with van der Waals surface area (Å²) in [5.41, 5.74) is 0.223. The summed E-state index contributed by atoms with van der Waals surface area (Å²) in [4.78, 5) is 21.0. The number of nitro groups is 1. The molecule has 6 nitrogen and oxygen atoms in total. The molecule has 0 fully saturated rings. The highest BCUT2D eigenvalue weighted by molar-refractivity contribution is 5.82. The van der Waals surface area contributed by atoms with E-state index in [9.17, 15) is 20.0 Å². The summed E-state index contributed by atoms with van der Waals surface area (Å²) in [7, 11) is 0. The van der Waals surface area contributed by atoms with Gasteiger partial charge in [0, 0.05) is 18.2 Å². The van der Waals surface area contributed by atoms with Crippen molar-refractivity contribution in [3.05, 3.63) is 52.1 Å². The Morgan fingerprint density at radius 2 is 2.33 bits per heavy atom. The summed E-state index contributed by atoms with van der Waals surface area (Å²) in [5.74, 6) is -0.568. The molecule has 1 N–H and O–H groups in total. The first-order chi connectivity index (χ1) is 8.54. The van der Waals surface area contributed by atoms with Gasteiger partial charge < -0.3 is 9.84 Å². The van der Waals surface area contributed by atoms with Gasteiger partial charge in [-0.1, -0.05) is 12.1 Å². The Bertz CT molecular complexity index is 469. The Morgan fingerprint density at radius 3 is 2.94 bits per heavy atom. The van der Waals surface area contributed by atoms with Crippen LogP contribution in [0, 0.1) is 10.1 Å². The average molecular weight is 251 g/mol. The molecule has 96 valence electrons. The smallest absolute Gasteiger partial charge is 0.330 e. The number of carbonyl (C=O) groups is 1. The Kier molecular flexibility index (Phi) is 5.01. The van der Waals surface area contributed by atoms with Crippen molar-refractivity contribution in [1.29, 1.82) is 0 Å². The van der Waals surface area contributed by atoms with Crippen LogP contribution in [-0.2, 0) is 9.53 Å². The number of aliphatic hydroxyl groups is 1. The number of nitrogens with zero attached hydrogens (tertiary/aromatic N) is 1. The van der Waals surface area contributed by atoms with E-state index >= 15 is 0 Å². The predicted molar refractivity (Wildman–Crippen MR) is 63.8 cm³/mol. The van der Waals surface area contributed by atoms with E-state index in [1.807, 2.05) is 0 Å². The van der Waals surface area contributed by atoms with E-state index in [4.69, 9.17) is 0 Å². The van der Waals surface area contributed by atoms with Crippen molar-refractivity contribution in [3.63, 3.8) is 0 Å². The lowest BCUT2D eigenvalue weighted by molar-refractivity contribution is -0.385. The second-order valence-electron chi connectivity index (χ2n) is 3.41. The predicted octanol–water partition coefficient (Wildman–Crippen LogP) is 1.75. The molecule has 0 aliphatic carbocycles. The molecule has 0 aromatic heterocycles. The first-order valence-corrected chi connectivity index (χ1v) is 5.32. The van der Waals surface area contributed by atoms with Crippen LogP contribution in [0.1, 0.15) is 18.6 Å². The van der Waals surface area contributed by atoms with Crippen LogP contribution in [0.4, 0.5) is 5.69 Å². The van der Waals surface area contributed by atoms with Crippen LogP contribution in [0.2, 0.25) is 0 Å². The van der Waals surface area contributed by atoms with Gasteiger partial charge in [-0.2, -0.15) is 0 Å². The van der Waals surface area contributed by atoms with Crippen LogP contribution in [0.15, 0.2) is 36.4 Å². The third-order valence-electron chi connectivity index (χ3n) is 2.12. The van der Waals surface area contributed by atoms with Crippen molar-refractivity contribution in [2.24, 2.45) is 0 Å². The van der Waals surface area contributed by atoms with Crippen molar-refractivity contribution in [1.82, 2.24) is 0 Å². The van der Waals surface area contributed by atoms with Crippen LogP contribution in [-0.4, -0.2) is 22.6 Å². The molecule has 0 bridgehead atoms. The maximum Gasteiger partial charge on any atom is 0.330 e. The topological polar surface area (TPSA) is 89.7 Å². The lowest BCUT2D eigenvalue weighted by Crippen LogP contribution is -2.01. The SMILES string of the molecule is CCOC(=O)/C=C/C(O)c1cccc([N+](=O)[O-])c1. The molecule has 1 atom stereocenters. The van der Waals surface area contributed by atoms with Gasteiger partial charge in [-0.25, -0.2) is 4.79 Å². The molecule has 0 radical (unpaired) electrons. The molecule has 18 heavy (non-hydrogen) atoms. The second kappa shape index (κ2) is 6.51. The zero-order valence-corrected chi connectivity index (χ0v) is 9.78. The number of rotatable bonds is 5. The van der Waals surface area contributed by atoms with Gasteiger partial charge in [-0.05, 0) is 18.6 Å². The number of hydrogen-bond acceptors (Lipinski definition) is 5. The van der Waals surface area contributed by atoms with Gasteiger partial charge in [0.1, 0.15) is 0 Å². The third kappa shape index (κ3) is 3.99. The molecule has 1 aromatic rings. The van der Waals surface area contributed by atoms with E-state index in [1.165, 1.54) is 30.3 Å². The molecule has 0 amide bonds. The number of ether oxygens (including phenoxy) is 1. The highest BCUT2D eigenvalue weighted by Gasteiger charge is 2.10. The maximum atomic E-state index is 11.0. The Hall–Kier alpha value is -2.21. The Labute approximate surface area is 104 Å². The Morgan fingerprint density at radius 1 is 1.61 bits per heavy atom. The van der Waals surface area contributed by atoms with E-state index in [0.29, 0.717) is 5.56 Å². The molecular formula is C12H13NO5. The summed E-state index contributed by atoms with van der Waals surface area (Å²) in [5, 5.41) is 20.3. The normalized spacial score (nSPS) is 12.3. The largest absolute Gasteiger partial charge is 0.463 e. The average Bonchev–Trinajstić information content (AvgIpc) is 2.36. The summed E-state index contributed by atoms with van der Waals surface area (Å²) < 4.78 is 4.65. The fourth-order valence-corrected chi connectivity index (χ4v) is 1.29. The Balaban J connectivity index is 2.78. The lowest BCUT2D eigenvalue weighted by atomic mass is 10.1. The first-order valence-electron chi connectivity index (χ1n) is 5.32. The van der Waals surface area contributed by atoms with E-state index in [-0.39, 0.29) is 12.3 Å². The minimum atomic E-state index is -1.09. The molecule has 0 saturated heterocycles. The lowest BCUT2D eigenvalue weighted by Gasteiger charge is -2.05. The van der Waals surface area contributed by atoms with Gasteiger partial charge >= 0.3 is 5.97 Å². The highest BCUT2D eigenvalue weighted by atomic mass is 16.6. The minimum absolute atomic E-state index is 0.115. The summed E-state index contributed by atoms with van der Waals surface area (Å²) >= 11 is 0. The number of non-ortho nitro benzene ring substituents is 1. The zero-order valence-electron chi connectivity index (χ0n) is 9.78. The number of carbonyl (C=O) groups excluding carboxylic acids is 1. The van der Waals surface area contributed by atoms with E-state index < -0.39 is 17.0 Å². The molecule has 1 aromatic carbocycles. The minimum Gasteiger partial charge on any atom is -0.463 e. The number of esters is 1. The monoisotopic (exact) mass is 251 g/mol. The summed E-state index contributed by atoms with van der Waals surface area (Å²) in [6.45, 7) is 1.92. The van der Waals surface area contributed by atoms with E-state index in [1.54, 1.807) is 6.92 Å². The third-order valence-corrected chi connectivity index (χ3v) is 2.12. The van der Waals surface area contributed by atoms with E-state index in [0.717, 1.165) is 6.08 Å². The van der Waals surface area contributed by atoms with Crippen molar-refractivity contribution in [3.8, 4) is 0 Å². The first kappa shape index (κ1) is 13.9. The van der Waals surface area contributed by atoms with Crippen molar-refractivity contribution >= 4 is 11.7 Å². The molecule has 0 aliphatic heterocycles. The van der Waals surface area contributed by atoms with Gasteiger partial charge in [-0.15, -0.1) is 0 Å². The quantitative estimate of drug-likeness (QED) is 0.372. The van der Waals surface area contributed by atoms with Gasteiger partial charge in [0.2, 0.25) is 0 Å². The molecule has 0 heterocycles.